The second-order valence-electron chi connectivity index (χ2n) is 2.94. The first-order valence-corrected chi connectivity index (χ1v) is 4.06. The van der Waals surface area contributed by atoms with E-state index >= 15 is 0 Å². The highest BCUT2D eigenvalue weighted by atomic mass is 19.4. The topological polar surface area (TPSA) is 49.7 Å². The van der Waals surface area contributed by atoms with Gasteiger partial charge in [0.25, 0.3) is 0 Å². The summed E-state index contributed by atoms with van der Waals surface area (Å²) in [6, 6.07) is 2.94. The van der Waals surface area contributed by atoms with Gasteiger partial charge in [-0.15, -0.1) is 13.2 Å². The Bertz CT molecular complexity index is 347. The molecule has 6 heteroatoms. The summed E-state index contributed by atoms with van der Waals surface area (Å²) < 4.78 is 39.1. The molecule has 0 fully saturated rings. The van der Waals surface area contributed by atoms with Gasteiger partial charge in [-0.3, -0.25) is 0 Å². The van der Waals surface area contributed by atoms with Crippen LogP contribution in [-0.4, -0.2) is 16.6 Å². The Morgan fingerprint density at radius 3 is 2.40 bits per heavy atom. The molecule has 1 unspecified atom stereocenters. The van der Waals surface area contributed by atoms with Crippen LogP contribution in [0.1, 0.15) is 18.6 Å². The molecule has 3 nitrogen and oxygen atoms in total. The minimum Gasteiger partial charge on any atom is -0.508 e. The number of halogens is 3. The van der Waals surface area contributed by atoms with Gasteiger partial charge < -0.3 is 14.9 Å². The standard InChI is InChI=1S/C9H9F3O3/c1-5(13)7-4-6(2-3-8(7)14)15-9(10,11)12/h2-5,13-14H,1H3. The largest absolute Gasteiger partial charge is 0.573 e. The molecule has 1 rings (SSSR count). The van der Waals surface area contributed by atoms with Crippen LogP contribution in [0.25, 0.3) is 0 Å². The lowest BCUT2D eigenvalue weighted by atomic mass is 10.1. The molecule has 0 aliphatic heterocycles. The van der Waals surface area contributed by atoms with Crippen molar-refractivity contribution in [3.8, 4) is 11.5 Å². The summed E-state index contributed by atoms with van der Waals surface area (Å²) in [5, 5.41) is 18.3. The molecule has 0 saturated carbocycles. The van der Waals surface area contributed by atoms with Crippen LogP contribution in [0.5, 0.6) is 11.5 Å². The number of aliphatic hydroxyl groups excluding tert-OH is 1. The van der Waals surface area contributed by atoms with Crippen molar-refractivity contribution in [1.82, 2.24) is 0 Å². The van der Waals surface area contributed by atoms with Crippen LogP contribution in [0, 0.1) is 0 Å². The average molecular weight is 222 g/mol. The van der Waals surface area contributed by atoms with Crippen LogP contribution in [0.15, 0.2) is 18.2 Å². The van der Waals surface area contributed by atoms with Gasteiger partial charge in [-0.2, -0.15) is 0 Å². The summed E-state index contributed by atoms with van der Waals surface area (Å²) in [6.07, 6.45) is -5.85. The zero-order valence-corrected chi connectivity index (χ0v) is 7.75. The molecule has 84 valence electrons. The molecule has 1 atom stereocenters. The third kappa shape index (κ3) is 3.32. The second kappa shape index (κ2) is 3.98. The van der Waals surface area contributed by atoms with E-state index < -0.39 is 18.2 Å². The van der Waals surface area contributed by atoms with E-state index in [1.54, 1.807) is 0 Å². The van der Waals surface area contributed by atoms with Crippen molar-refractivity contribution in [3.05, 3.63) is 23.8 Å². The van der Waals surface area contributed by atoms with Gasteiger partial charge in [-0.05, 0) is 25.1 Å². The molecule has 2 N–H and O–H groups in total. The zero-order chi connectivity index (χ0) is 11.6. The van der Waals surface area contributed by atoms with Crippen molar-refractivity contribution in [3.63, 3.8) is 0 Å². The van der Waals surface area contributed by atoms with Crippen LogP contribution in [0.3, 0.4) is 0 Å². The third-order valence-electron chi connectivity index (χ3n) is 1.68. The number of phenolic OH excluding ortho intramolecular Hbond substituents is 1. The molecule has 0 aromatic heterocycles. The van der Waals surface area contributed by atoms with Gasteiger partial charge in [-0.1, -0.05) is 0 Å². The fraction of sp³-hybridized carbons (Fsp3) is 0.333. The Hall–Kier alpha value is -1.43. The first-order valence-electron chi connectivity index (χ1n) is 4.06. The van der Waals surface area contributed by atoms with Gasteiger partial charge in [0.2, 0.25) is 0 Å². The number of ether oxygens (including phenoxy) is 1. The summed E-state index contributed by atoms with van der Waals surface area (Å²) in [4.78, 5) is 0. The van der Waals surface area contributed by atoms with Crippen molar-refractivity contribution in [2.45, 2.75) is 19.4 Å². The first kappa shape index (κ1) is 11.6. The third-order valence-corrected chi connectivity index (χ3v) is 1.68. The molecule has 15 heavy (non-hydrogen) atoms. The number of aromatic hydroxyl groups is 1. The number of hydrogen-bond donors (Lipinski definition) is 2. The van der Waals surface area contributed by atoms with Crippen molar-refractivity contribution in [1.29, 1.82) is 0 Å². The van der Waals surface area contributed by atoms with Crippen LogP contribution < -0.4 is 4.74 Å². The number of rotatable bonds is 2. The molecule has 1 aromatic carbocycles. The second-order valence-corrected chi connectivity index (χ2v) is 2.94. The predicted octanol–water partition coefficient (Wildman–Crippen LogP) is 2.34. The normalized spacial score (nSPS) is 13.7. The molecule has 0 radical (unpaired) electrons. The molecule has 0 amide bonds. The molecule has 0 bridgehead atoms. The lowest BCUT2D eigenvalue weighted by molar-refractivity contribution is -0.274. The highest BCUT2D eigenvalue weighted by Crippen LogP contribution is 2.30. The Kier molecular flexibility index (Phi) is 3.09. The van der Waals surface area contributed by atoms with E-state index in [9.17, 15) is 18.3 Å². The maximum atomic E-state index is 11.8. The van der Waals surface area contributed by atoms with Gasteiger partial charge in [0.05, 0.1) is 6.10 Å². The SMILES string of the molecule is CC(O)c1cc(OC(F)(F)F)ccc1O. The van der Waals surface area contributed by atoms with E-state index in [0.717, 1.165) is 18.2 Å². The van der Waals surface area contributed by atoms with Gasteiger partial charge in [0.15, 0.2) is 0 Å². The summed E-state index contributed by atoms with van der Waals surface area (Å²) in [5.41, 5.74) is -0.0169. The van der Waals surface area contributed by atoms with E-state index in [1.165, 1.54) is 6.92 Å². The van der Waals surface area contributed by atoms with Crippen molar-refractivity contribution in [2.24, 2.45) is 0 Å². The minimum atomic E-state index is -4.78. The first-order chi connectivity index (χ1) is 6.79. The highest BCUT2D eigenvalue weighted by molar-refractivity contribution is 5.40. The van der Waals surface area contributed by atoms with Gasteiger partial charge >= 0.3 is 6.36 Å². The van der Waals surface area contributed by atoms with Crippen molar-refractivity contribution in [2.75, 3.05) is 0 Å². The number of phenols is 1. The van der Waals surface area contributed by atoms with Gasteiger partial charge in [0, 0.05) is 5.56 Å². The molecule has 1 aromatic rings. The minimum absolute atomic E-state index is 0.0169. The summed E-state index contributed by atoms with van der Waals surface area (Å²) >= 11 is 0. The fourth-order valence-corrected chi connectivity index (χ4v) is 1.06. The lowest BCUT2D eigenvalue weighted by Crippen LogP contribution is -2.17. The molecule has 0 aliphatic carbocycles. The van der Waals surface area contributed by atoms with E-state index in [-0.39, 0.29) is 11.3 Å². The molecular formula is C9H9F3O3. The molecule has 0 saturated heterocycles. The maximum absolute atomic E-state index is 11.8. The number of aliphatic hydroxyl groups is 1. The summed E-state index contributed by atoms with van der Waals surface area (Å²) in [7, 11) is 0. The van der Waals surface area contributed by atoms with E-state index in [1.807, 2.05) is 0 Å². The van der Waals surface area contributed by atoms with Crippen LogP contribution in [-0.2, 0) is 0 Å². The summed E-state index contributed by atoms with van der Waals surface area (Å²) in [6.45, 7) is 1.33. The number of benzene rings is 1. The maximum Gasteiger partial charge on any atom is 0.573 e. The Balaban J connectivity index is 2.98. The summed E-state index contributed by atoms with van der Waals surface area (Å²) in [5.74, 6) is -0.754. The van der Waals surface area contributed by atoms with Gasteiger partial charge in [0.1, 0.15) is 11.5 Å². The van der Waals surface area contributed by atoms with Crippen molar-refractivity contribution < 1.29 is 28.1 Å². The quantitative estimate of drug-likeness (QED) is 0.807. The van der Waals surface area contributed by atoms with E-state index in [0.29, 0.717) is 0 Å². The highest BCUT2D eigenvalue weighted by Gasteiger charge is 2.31. The fourth-order valence-electron chi connectivity index (χ4n) is 1.06. The number of alkyl halides is 3. The van der Waals surface area contributed by atoms with E-state index in [4.69, 9.17) is 5.11 Å². The Morgan fingerprint density at radius 1 is 1.33 bits per heavy atom. The number of hydrogen-bond acceptors (Lipinski definition) is 3. The lowest BCUT2D eigenvalue weighted by Gasteiger charge is -2.12. The Labute approximate surface area is 83.7 Å². The molecule has 0 heterocycles. The smallest absolute Gasteiger partial charge is 0.508 e. The van der Waals surface area contributed by atoms with E-state index in [2.05, 4.69) is 4.74 Å². The van der Waals surface area contributed by atoms with Crippen molar-refractivity contribution >= 4 is 0 Å². The van der Waals surface area contributed by atoms with Crippen LogP contribution in [0.2, 0.25) is 0 Å². The molecule has 0 aliphatic rings. The predicted molar refractivity (Wildman–Crippen MR) is 45.4 cm³/mol. The monoisotopic (exact) mass is 222 g/mol. The zero-order valence-electron chi connectivity index (χ0n) is 7.75. The molecular weight excluding hydrogens is 213 g/mol. The Morgan fingerprint density at radius 2 is 1.93 bits per heavy atom. The average Bonchev–Trinajstić information content (AvgIpc) is 2.05. The van der Waals surface area contributed by atoms with Gasteiger partial charge in [-0.25, -0.2) is 0 Å². The van der Waals surface area contributed by atoms with Crippen LogP contribution in [0.4, 0.5) is 13.2 Å². The molecule has 0 spiro atoms. The van der Waals surface area contributed by atoms with Crippen LogP contribution >= 0.6 is 0 Å².